The number of esters is 1. The molecule has 1 atom stereocenters. The second-order valence-electron chi connectivity index (χ2n) is 11.0. The zero-order valence-corrected chi connectivity index (χ0v) is 22.7. The van der Waals surface area contributed by atoms with E-state index in [9.17, 15) is 32.7 Å². The standard InChI is InChI=1S/C30H35F3N2O5/c1-20(36)40-18-26(37)34-19-29(23-6-4-3-5-7-23)16-14-25(15-17-29)35(24-12-13-24)27(38)21-8-10-22(11-9-21)28(2,39)30(31,32)33/h3-11,24-25,39H,12-19H2,1-2H3,(H,34,37)/t25?,28-,29?/m0/s1. The Morgan fingerprint density at radius 2 is 1.55 bits per heavy atom. The molecular weight excluding hydrogens is 525 g/mol. The first-order valence-corrected chi connectivity index (χ1v) is 13.5. The summed E-state index contributed by atoms with van der Waals surface area (Å²) >= 11 is 0. The van der Waals surface area contributed by atoms with Gasteiger partial charge in [0.25, 0.3) is 11.8 Å². The minimum absolute atomic E-state index is 0.0495. The van der Waals surface area contributed by atoms with Gasteiger partial charge in [0, 0.05) is 36.5 Å². The van der Waals surface area contributed by atoms with Gasteiger partial charge in [-0.3, -0.25) is 14.4 Å². The topological polar surface area (TPSA) is 95.9 Å². The molecule has 0 saturated heterocycles. The Hall–Kier alpha value is -3.40. The van der Waals surface area contributed by atoms with E-state index in [-0.39, 0.29) is 47.0 Å². The zero-order valence-electron chi connectivity index (χ0n) is 22.7. The summed E-state index contributed by atoms with van der Waals surface area (Å²) in [5.41, 5.74) is -2.32. The van der Waals surface area contributed by atoms with E-state index >= 15 is 0 Å². The molecule has 0 aliphatic heterocycles. The molecule has 0 aromatic heterocycles. The lowest BCUT2D eigenvalue weighted by Crippen LogP contribution is -2.50. The van der Waals surface area contributed by atoms with Crippen molar-refractivity contribution in [2.45, 2.75) is 81.6 Å². The van der Waals surface area contributed by atoms with E-state index in [1.54, 1.807) is 0 Å². The van der Waals surface area contributed by atoms with Crippen molar-refractivity contribution < 1.29 is 37.4 Å². The number of hydrogen-bond acceptors (Lipinski definition) is 5. The van der Waals surface area contributed by atoms with Crippen LogP contribution in [0.25, 0.3) is 0 Å². The van der Waals surface area contributed by atoms with Gasteiger partial charge < -0.3 is 20.1 Å². The number of aliphatic hydroxyl groups is 1. The van der Waals surface area contributed by atoms with Crippen molar-refractivity contribution in [2.24, 2.45) is 0 Å². The van der Waals surface area contributed by atoms with E-state index in [0.717, 1.165) is 30.5 Å². The molecule has 10 heteroatoms. The number of nitrogens with one attached hydrogen (secondary N) is 1. The molecule has 0 bridgehead atoms. The number of nitrogens with zero attached hydrogens (tertiary/aromatic N) is 1. The van der Waals surface area contributed by atoms with Crippen molar-refractivity contribution in [1.82, 2.24) is 10.2 Å². The Morgan fingerprint density at radius 1 is 0.975 bits per heavy atom. The molecule has 0 spiro atoms. The highest BCUT2D eigenvalue weighted by Gasteiger charge is 2.51. The maximum Gasteiger partial charge on any atom is 0.421 e. The van der Waals surface area contributed by atoms with E-state index in [1.807, 2.05) is 35.2 Å². The van der Waals surface area contributed by atoms with Crippen molar-refractivity contribution in [3.8, 4) is 0 Å². The largest absolute Gasteiger partial charge is 0.456 e. The fourth-order valence-electron chi connectivity index (χ4n) is 5.51. The molecule has 7 nitrogen and oxygen atoms in total. The first kappa shape index (κ1) is 29.6. The number of amides is 2. The number of alkyl halides is 3. The van der Waals surface area contributed by atoms with Crippen molar-refractivity contribution in [1.29, 1.82) is 0 Å². The highest BCUT2D eigenvalue weighted by Crippen LogP contribution is 2.43. The highest BCUT2D eigenvalue weighted by molar-refractivity contribution is 5.95. The fourth-order valence-corrected chi connectivity index (χ4v) is 5.51. The molecule has 2 aliphatic carbocycles. The van der Waals surface area contributed by atoms with Crippen molar-refractivity contribution in [2.75, 3.05) is 13.2 Å². The molecule has 0 heterocycles. The summed E-state index contributed by atoms with van der Waals surface area (Å²) in [4.78, 5) is 38.8. The highest BCUT2D eigenvalue weighted by atomic mass is 19.4. The molecule has 0 unspecified atom stereocenters. The monoisotopic (exact) mass is 560 g/mol. The number of halogens is 3. The average molecular weight is 561 g/mol. The summed E-state index contributed by atoms with van der Waals surface area (Å²) < 4.78 is 44.6. The van der Waals surface area contributed by atoms with E-state index in [4.69, 9.17) is 4.74 Å². The predicted octanol–water partition coefficient (Wildman–Crippen LogP) is 4.62. The van der Waals surface area contributed by atoms with E-state index in [1.165, 1.54) is 19.1 Å². The molecule has 2 saturated carbocycles. The SMILES string of the molecule is CC(=O)OCC(=O)NCC1(c2ccccc2)CCC(N(C(=O)c2ccc([C@](C)(O)C(F)(F)F)cc2)C2CC2)CC1. The molecule has 0 radical (unpaired) electrons. The number of rotatable bonds is 9. The Bertz CT molecular complexity index is 1200. The summed E-state index contributed by atoms with van der Waals surface area (Å²) in [7, 11) is 0. The summed E-state index contributed by atoms with van der Waals surface area (Å²) in [5.74, 6) is -1.14. The summed E-state index contributed by atoms with van der Waals surface area (Å²) in [6, 6.07) is 14.9. The van der Waals surface area contributed by atoms with Crippen LogP contribution in [0, 0.1) is 0 Å². The first-order valence-electron chi connectivity index (χ1n) is 13.5. The third-order valence-electron chi connectivity index (χ3n) is 8.14. The smallest absolute Gasteiger partial charge is 0.421 e. The van der Waals surface area contributed by atoms with E-state index in [0.29, 0.717) is 39.2 Å². The van der Waals surface area contributed by atoms with Gasteiger partial charge in [0.1, 0.15) is 0 Å². The van der Waals surface area contributed by atoms with Crippen LogP contribution in [0.4, 0.5) is 13.2 Å². The van der Waals surface area contributed by atoms with Crippen molar-refractivity contribution >= 4 is 17.8 Å². The summed E-state index contributed by atoms with van der Waals surface area (Å²) in [5, 5.41) is 12.9. The molecule has 2 aromatic rings. The van der Waals surface area contributed by atoms with Gasteiger partial charge in [0.15, 0.2) is 12.2 Å². The Kier molecular flexibility index (Phi) is 8.58. The summed E-state index contributed by atoms with van der Waals surface area (Å²) in [6.45, 7) is 1.96. The lowest BCUT2D eigenvalue weighted by Gasteiger charge is -2.44. The second-order valence-corrected chi connectivity index (χ2v) is 11.0. The van der Waals surface area contributed by atoms with Crippen molar-refractivity contribution in [3.05, 3.63) is 71.3 Å². The van der Waals surface area contributed by atoms with Gasteiger partial charge in [-0.1, -0.05) is 42.5 Å². The number of carbonyl (C=O) groups excluding carboxylic acids is 3. The second kappa shape index (κ2) is 11.6. The van der Waals surface area contributed by atoms with Gasteiger partial charge in [-0.05, 0) is 68.7 Å². The minimum Gasteiger partial charge on any atom is -0.456 e. The van der Waals surface area contributed by atoms with Gasteiger partial charge in [0.05, 0.1) is 0 Å². The van der Waals surface area contributed by atoms with Gasteiger partial charge in [-0.15, -0.1) is 0 Å². The van der Waals surface area contributed by atoms with Crippen LogP contribution < -0.4 is 5.32 Å². The van der Waals surface area contributed by atoms with Gasteiger partial charge in [-0.2, -0.15) is 13.2 Å². The van der Waals surface area contributed by atoms with E-state index < -0.39 is 17.7 Å². The predicted molar refractivity (Wildman–Crippen MR) is 141 cm³/mol. The molecule has 2 aliphatic rings. The van der Waals surface area contributed by atoms with Gasteiger partial charge >= 0.3 is 12.1 Å². The van der Waals surface area contributed by atoms with Crippen LogP contribution in [0.2, 0.25) is 0 Å². The third kappa shape index (κ3) is 6.49. The third-order valence-corrected chi connectivity index (χ3v) is 8.14. The molecular formula is C30H35F3N2O5. The average Bonchev–Trinajstić information content (AvgIpc) is 3.77. The van der Waals surface area contributed by atoms with E-state index in [2.05, 4.69) is 5.32 Å². The van der Waals surface area contributed by atoms with Crippen LogP contribution in [0.15, 0.2) is 54.6 Å². The lowest BCUT2D eigenvalue weighted by molar-refractivity contribution is -0.258. The van der Waals surface area contributed by atoms with Crippen LogP contribution in [0.3, 0.4) is 0 Å². The zero-order chi connectivity index (χ0) is 29.1. The summed E-state index contributed by atoms with van der Waals surface area (Å²) in [6.07, 6.45) is -0.293. The number of hydrogen-bond donors (Lipinski definition) is 2. The van der Waals surface area contributed by atoms with Crippen LogP contribution in [0.1, 0.15) is 73.9 Å². The Balaban J connectivity index is 1.48. The maximum absolute atomic E-state index is 13.6. The number of ether oxygens (including phenoxy) is 1. The van der Waals surface area contributed by atoms with Gasteiger partial charge in [-0.25, -0.2) is 0 Å². The van der Waals surface area contributed by atoms with Gasteiger partial charge in [0.2, 0.25) is 0 Å². The van der Waals surface area contributed by atoms with Crippen LogP contribution in [-0.4, -0.2) is 59.2 Å². The number of benzene rings is 2. The molecule has 216 valence electrons. The normalized spacial score (nSPS) is 22.6. The van der Waals surface area contributed by atoms with Crippen LogP contribution in [-0.2, 0) is 25.3 Å². The van der Waals surface area contributed by atoms with Crippen LogP contribution >= 0.6 is 0 Å². The minimum atomic E-state index is -4.84. The molecule has 2 N–H and O–H groups in total. The Morgan fingerprint density at radius 3 is 2.08 bits per heavy atom. The molecule has 4 rings (SSSR count). The van der Waals surface area contributed by atoms with Crippen LogP contribution in [0.5, 0.6) is 0 Å². The van der Waals surface area contributed by atoms with Crippen molar-refractivity contribution in [3.63, 3.8) is 0 Å². The Labute approximate surface area is 231 Å². The molecule has 40 heavy (non-hydrogen) atoms. The lowest BCUT2D eigenvalue weighted by atomic mass is 9.67. The quantitative estimate of drug-likeness (QED) is 0.437. The molecule has 2 amide bonds. The fraction of sp³-hybridized carbons (Fsp3) is 0.500. The first-order chi connectivity index (χ1) is 18.8. The molecule has 2 fully saturated rings. The maximum atomic E-state index is 13.6. The number of carbonyl (C=O) groups is 3. The molecule has 2 aromatic carbocycles.